The highest BCUT2D eigenvalue weighted by Gasteiger charge is 2.52. The van der Waals surface area contributed by atoms with Crippen LogP contribution in [0.25, 0.3) is 0 Å². The molecular formula is C81H151N2O19P. The van der Waals surface area contributed by atoms with E-state index >= 15 is 0 Å². The molecule has 0 radical (unpaired) electrons. The third-order valence-corrected chi connectivity index (χ3v) is 20.2. The van der Waals surface area contributed by atoms with E-state index in [2.05, 4.69) is 52.2 Å². The van der Waals surface area contributed by atoms with Crippen LogP contribution >= 0.6 is 7.82 Å². The van der Waals surface area contributed by atoms with Crippen molar-refractivity contribution in [1.82, 2.24) is 10.6 Å². The molecular weight excluding hydrogens is 1340 g/mol. The minimum atomic E-state index is -5.56. The molecule has 9 atom stereocenters. The third kappa shape index (κ3) is 55.4. The summed E-state index contributed by atoms with van der Waals surface area (Å²) in [4.78, 5) is 118. The molecule has 0 spiro atoms. The maximum absolute atomic E-state index is 14.8. The number of hydrogen-bond donors (Lipinski definition) is 6. The number of ether oxygens (including phenoxy) is 6. The SMILES string of the molecule is CCCCCCCCCCC[C@H](CC(=O)N[C@H]1[C@H](OC[C@@H](NC(=O)C[C@@H](CCCCCCCCCCC)OC(=O)CCCCCCCCC)C(=O)O)O[C@H](CO)[C@@H](OP(=O)(O)O)[C@@H]1OC(=O)C[C@@H](CCCCCCCCCCC)OC(=O)CCCCCCCCC)OC(=O)CCCCCCCCC. The summed E-state index contributed by atoms with van der Waals surface area (Å²) in [5, 5.41) is 26.9. The van der Waals surface area contributed by atoms with Gasteiger partial charge in [-0.25, -0.2) is 9.36 Å². The minimum Gasteiger partial charge on any atom is -0.480 e. The fraction of sp³-hybridized carbons (Fsp3) is 0.914. The minimum absolute atomic E-state index is 0.125. The van der Waals surface area contributed by atoms with Crippen LogP contribution in [-0.2, 0) is 71.1 Å². The van der Waals surface area contributed by atoms with Gasteiger partial charge in [0.25, 0.3) is 0 Å². The molecule has 0 unspecified atom stereocenters. The Morgan fingerprint density at radius 3 is 1.01 bits per heavy atom. The van der Waals surface area contributed by atoms with Gasteiger partial charge in [-0.1, -0.05) is 311 Å². The number of aliphatic hydroxyl groups excluding tert-OH is 1. The van der Waals surface area contributed by atoms with Gasteiger partial charge in [-0.05, 0) is 57.8 Å². The summed E-state index contributed by atoms with van der Waals surface area (Å²) in [6, 6.07) is -3.60. The van der Waals surface area contributed by atoms with Crippen molar-refractivity contribution in [3.63, 3.8) is 0 Å². The maximum Gasteiger partial charge on any atom is 0.470 e. The summed E-state index contributed by atoms with van der Waals surface area (Å²) in [6.07, 6.45) is 38.1. The van der Waals surface area contributed by atoms with Crippen molar-refractivity contribution in [2.45, 2.75) is 463 Å². The topological polar surface area (TPSA) is 306 Å². The van der Waals surface area contributed by atoms with E-state index in [9.17, 15) is 58.1 Å². The molecule has 22 heteroatoms. The molecule has 0 aromatic carbocycles. The number of phosphoric acid groups is 1. The fourth-order valence-corrected chi connectivity index (χ4v) is 14.1. The first-order valence-corrected chi connectivity index (χ1v) is 43.6. The smallest absolute Gasteiger partial charge is 0.470 e. The Kier molecular flexibility index (Phi) is 62.8. The molecule has 1 rings (SSSR count). The number of aliphatic carboxylic acids is 1. The van der Waals surface area contributed by atoms with Crippen molar-refractivity contribution in [1.29, 1.82) is 0 Å². The molecule has 1 aliphatic heterocycles. The molecule has 103 heavy (non-hydrogen) atoms. The van der Waals surface area contributed by atoms with Gasteiger partial charge in [-0.2, -0.15) is 0 Å². The number of carbonyl (C=O) groups excluding carboxylic acids is 6. The van der Waals surface area contributed by atoms with Gasteiger partial charge in [0, 0.05) is 19.3 Å². The normalized spacial score (nSPS) is 17.3. The second-order valence-corrected chi connectivity index (χ2v) is 30.7. The van der Waals surface area contributed by atoms with Gasteiger partial charge in [0.1, 0.15) is 36.6 Å². The number of amides is 2. The van der Waals surface area contributed by atoms with E-state index in [0.29, 0.717) is 51.4 Å². The molecule has 0 aliphatic carbocycles. The van der Waals surface area contributed by atoms with Crippen molar-refractivity contribution in [3.8, 4) is 0 Å². The van der Waals surface area contributed by atoms with E-state index < -0.39 is 131 Å². The van der Waals surface area contributed by atoms with Crippen LogP contribution in [0.4, 0.5) is 0 Å². The number of carboxylic acid groups (broad SMARTS) is 1. The summed E-state index contributed by atoms with van der Waals surface area (Å²) in [6.45, 7) is 11.1. The molecule has 21 nitrogen and oxygen atoms in total. The predicted octanol–water partition coefficient (Wildman–Crippen LogP) is 19.3. The summed E-state index contributed by atoms with van der Waals surface area (Å²) in [7, 11) is -5.56. The average Bonchev–Trinajstić information content (AvgIpc) is 0.780. The van der Waals surface area contributed by atoms with Crippen molar-refractivity contribution in [2.24, 2.45) is 0 Å². The Labute approximate surface area is 624 Å². The first kappa shape index (κ1) is 97.3. The van der Waals surface area contributed by atoms with Gasteiger partial charge in [0.05, 0.1) is 32.5 Å². The van der Waals surface area contributed by atoms with E-state index in [-0.39, 0.29) is 32.1 Å². The second kappa shape index (κ2) is 66.5. The number of nitrogens with one attached hydrogen (secondary N) is 2. The fourth-order valence-electron chi connectivity index (χ4n) is 13.5. The lowest BCUT2D eigenvalue weighted by Crippen LogP contribution is -2.66. The molecule has 0 bridgehead atoms. The van der Waals surface area contributed by atoms with Crippen LogP contribution in [0.5, 0.6) is 0 Å². The number of carbonyl (C=O) groups is 7. The standard InChI is InChI=1S/C81H151N2O19P/c1-7-13-19-25-31-34-40-43-49-55-66(97-73(87)58-52-46-37-28-22-16-10-4)61-71(85)82-69(80(91)92)65-96-81-77(83-72(86)62-67(56-50-44-41-35-32-26-20-14-8-2)98-74(88)59-53-47-38-29-23-17-11-5)79(78(70(64-84)100-81)102-103(93,94)95)101-76(90)63-68(57-51-45-42-36-33-27-21-15-9-3)99-75(89)60-54-48-39-30-24-18-12-6/h66-70,77-79,81,84H,7-65H2,1-6H3,(H,82,85)(H,83,86)(H,91,92)(H2,93,94,95)/t66-,67-,68-,69-,70-,77-,78-,79-,81-/m1/s1. The number of esters is 4. The molecule has 0 saturated carbocycles. The lowest BCUT2D eigenvalue weighted by atomic mass is 9.95. The second-order valence-electron chi connectivity index (χ2n) is 29.5. The zero-order chi connectivity index (χ0) is 75.8. The van der Waals surface area contributed by atoms with Crippen LogP contribution < -0.4 is 10.6 Å². The Morgan fingerprint density at radius 1 is 0.398 bits per heavy atom. The summed E-state index contributed by atoms with van der Waals surface area (Å²) < 4.78 is 54.9. The van der Waals surface area contributed by atoms with Crippen LogP contribution in [0.3, 0.4) is 0 Å². The van der Waals surface area contributed by atoms with Gasteiger partial charge in [-0.3, -0.25) is 33.3 Å². The Hall–Kier alpha value is -3.72. The van der Waals surface area contributed by atoms with Gasteiger partial charge in [0.15, 0.2) is 18.4 Å². The number of aliphatic hydroxyl groups is 1. The van der Waals surface area contributed by atoms with E-state index in [1.165, 1.54) is 44.9 Å². The lowest BCUT2D eigenvalue weighted by Gasteiger charge is -2.45. The molecule has 1 aliphatic rings. The number of rotatable bonds is 73. The molecule has 1 saturated heterocycles. The maximum atomic E-state index is 14.8. The number of carboxylic acids is 1. The largest absolute Gasteiger partial charge is 0.480 e. The van der Waals surface area contributed by atoms with Gasteiger partial charge in [-0.15, -0.1) is 0 Å². The zero-order valence-corrected chi connectivity index (χ0v) is 66.7. The number of phosphoric ester groups is 1. The Morgan fingerprint density at radius 2 is 0.699 bits per heavy atom. The first-order valence-electron chi connectivity index (χ1n) is 42.1. The molecule has 0 aromatic heterocycles. The summed E-state index contributed by atoms with van der Waals surface area (Å²) in [5.41, 5.74) is 0. The molecule has 604 valence electrons. The van der Waals surface area contributed by atoms with Crippen LogP contribution in [0.2, 0.25) is 0 Å². The van der Waals surface area contributed by atoms with Gasteiger partial charge < -0.3 is 59.1 Å². The quantitative estimate of drug-likeness (QED) is 0.0143. The lowest BCUT2D eigenvalue weighted by molar-refractivity contribution is -0.272. The number of unbranched alkanes of at least 4 members (excludes halogenated alkanes) is 42. The van der Waals surface area contributed by atoms with E-state index in [0.717, 1.165) is 225 Å². The monoisotopic (exact) mass is 1490 g/mol. The van der Waals surface area contributed by atoms with Gasteiger partial charge in [0.2, 0.25) is 11.8 Å². The molecule has 6 N–H and O–H groups in total. The zero-order valence-electron chi connectivity index (χ0n) is 65.8. The predicted molar refractivity (Wildman–Crippen MR) is 407 cm³/mol. The van der Waals surface area contributed by atoms with Crippen LogP contribution in [0.15, 0.2) is 0 Å². The highest BCUT2D eigenvalue weighted by atomic mass is 31.2. The van der Waals surface area contributed by atoms with Crippen LogP contribution in [0.1, 0.15) is 408 Å². The third-order valence-electron chi connectivity index (χ3n) is 19.7. The highest BCUT2D eigenvalue weighted by Crippen LogP contribution is 2.42. The highest BCUT2D eigenvalue weighted by molar-refractivity contribution is 7.46. The van der Waals surface area contributed by atoms with Crippen LogP contribution in [0, 0.1) is 0 Å². The summed E-state index contributed by atoms with van der Waals surface area (Å²) in [5.74, 6) is -5.54. The van der Waals surface area contributed by atoms with Crippen molar-refractivity contribution in [3.05, 3.63) is 0 Å². The Balaban J connectivity index is 3.85. The van der Waals surface area contributed by atoms with E-state index in [1.54, 1.807) is 0 Å². The number of hydrogen-bond acceptors (Lipinski definition) is 16. The van der Waals surface area contributed by atoms with Crippen molar-refractivity contribution < 1.29 is 91.1 Å². The molecule has 1 fully saturated rings. The van der Waals surface area contributed by atoms with Gasteiger partial charge >= 0.3 is 37.7 Å². The summed E-state index contributed by atoms with van der Waals surface area (Å²) >= 11 is 0. The van der Waals surface area contributed by atoms with Crippen LogP contribution in [-0.4, -0.2) is 130 Å². The molecule has 2 amide bonds. The van der Waals surface area contributed by atoms with E-state index in [1.807, 2.05) is 0 Å². The molecule has 1 heterocycles. The average molecular weight is 1490 g/mol. The Bertz CT molecular complexity index is 2170. The van der Waals surface area contributed by atoms with E-state index in [4.69, 9.17) is 32.9 Å². The van der Waals surface area contributed by atoms with Crippen molar-refractivity contribution >= 4 is 49.5 Å². The van der Waals surface area contributed by atoms with Crippen molar-refractivity contribution in [2.75, 3.05) is 13.2 Å². The first-order chi connectivity index (χ1) is 49.8. The molecule has 0 aromatic rings.